The molecule has 0 aliphatic carbocycles. The molecule has 0 aromatic heterocycles. The molecule has 156 valence electrons. The molecule has 0 spiro atoms. The topological polar surface area (TPSA) is 121 Å². The van der Waals surface area contributed by atoms with Crippen molar-refractivity contribution >= 4 is 22.2 Å². The molecule has 3 atom stereocenters. The zero-order valence-corrected chi connectivity index (χ0v) is 17.5. The summed E-state index contributed by atoms with van der Waals surface area (Å²) in [5, 5.41) is 19.7. The standard InChI is InChI=1S/C19H27NO7S/c1-12-6-8-14(9-7-12)28(25,26)27-15-10-11-20(17(23)24)19(15,16(21)22)13(2)18(3,4)5/h6-9,13,15H,10-11H2,1-5H3,(H,21,22)(H,23,24). The number of carboxylic acids is 1. The minimum absolute atomic E-state index is 0.0376. The van der Waals surface area contributed by atoms with E-state index in [0.29, 0.717) is 0 Å². The molecular formula is C19H27NO7S. The Morgan fingerprint density at radius 1 is 1.21 bits per heavy atom. The van der Waals surface area contributed by atoms with Crippen LogP contribution in [-0.2, 0) is 19.1 Å². The summed E-state index contributed by atoms with van der Waals surface area (Å²) in [5.74, 6) is -2.15. The van der Waals surface area contributed by atoms with E-state index in [9.17, 15) is 28.2 Å². The lowest BCUT2D eigenvalue weighted by atomic mass is 9.67. The summed E-state index contributed by atoms with van der Waals surface area (Å²) in [5.41, 5.74) is -1.79. The number of aryl methyl sites for hydroxylation is 1. The highest BCUT2D eigenvalue weighted by molar-refractivity contribution is 7.86. The first-order valence-corrected chi connectivity index (χ1v) is 10.4. The van der Waals surface area contributed by atoms with Gasteiger partial charge in [-0.3, -0.25) is 9.08 Å². The fraction of sp³-hybridized carbons (Fsp3) is 0.579. The van der Waals surface area contributed by atoms with Gasteiger partial charge in [0.05, 0.1) is 4.90 Å². The van der Waals surface area contributed by atoms with Gasteiger partial charge in [-0.25, -0.2) is 9.59 Å². The van der Waals surface area contributed by atoms with Crippen LogP contribution < -0.4 is 0 Å². The number of aliphatic carboxylic acids is 1. The first kappa shape index (κ1) is 22.2. The van der Waals surface area contributed by atoms with E-state index in [1.54, 1.807) is 46.8 Å². The predicted octanol–water partition coefficient (Wildman–Crippen LogP) is 2.96. The smallest absolute Gasteiger partial charge is 0.408 e. The Bertz CT molecular complexity index is 857. The van der Waals surface area contributed by atoms with E-state index in [-0.39, 0.29) is 17.9 Å². The van der Waals surface area contributed by atoms with Crippen molar-refractivity contribution < 1.29 is 32.4 Å². The van der Waals surface area contributed by atoms with Crippen LogP contribution in [0.15, 0.2) is 29.2 Å². The minimum atomic E-state index is -4.28. The molecule has 0 saturated carbocycles. The predicted molar refractivity (Wildman–Crippen MR) is 102 cm³/mol. The number of carboxylic acid groups (broad SMARTS) is 2. The summed E-state index contributed by atoms with van der Waals surface area (Å²) < 4.78 is 30.9. The molecule has 9 heteroatoms. The molecule has 28 heavy (non-hydrogen) atoms. The molecule has 3 unspecified atom stereocenters. The zero-order chi connectivity index (χ0) is 21.5. The molecule has 1 amide bonds. The van der Waals surface area contributed by atoms with Crippen LogP contribution in [0.4, 0.5) is 4.79 Å². The third-order valence-electron chi connectivity index (χ3n) is 5.64. The van der Waals surface area contributed by atoms with Crippen LogP contribution in [0, 0.1) is 18.3 Å². The van der Waals surface area contributed by atoms with Gasteiger partial charge in [-0.1, -0.05) is 45.4 Å². The first-order chi connectivity index (χ1) is 12.7. The van der Waals surface area contributed by atoms with Gasteiger partial charge in [0, 0.05) is 6.54 Å². The van der Waals surface area contributed by atoms with Crippen LogP contribution in [0.1, 0.15) is 39.7 Å². The maximum absolute atomic E-state index is 12.8. The third kappa shape index (κ3) is 3.73. The Labute approximate surface area is 165 Å². The van der Waals surface area contributed by atoms with Crippen molar-refractivity contribution in [2.45, 2.75) is 57.6 Å². The summed E-state index contributed by atoms with van der Waals surface area (Å²) in [7, 11) is -4.28. The normalized spacial score (nSPS) is 24.2. The number of rotatable bonds is 5. The molecule has 2 N–H and O–H groups in total. The molecule has 1 aromatic rings. The van der Waals surface area contributed by atoms with E-state index in [1.807, 2.05) is 0 Å². The van der Waals surface area contributed by atoms with Crippen molar-refractivity contribution in [1.82, 2.24) is 4.90 Å². The van der Waals surface area contributed by atoms with Gasteiger partial charge in [0.25, 0.3) is 10.1 Å². The van der Waals surface area contributed by atoms with E-state index in [1.165, 1.54) is 12.1 Å². The average Bonchev–Trinajstić information content (AvgIpc) is 2.93. The monoisotopic (exact) mass is 413 g/mol. The van der Waals surface area contributed by atoms with Crippen molar-refractivity contribution in [2.75, 3.05) is 6.54 Å². The second-order valence-electron chi connectivity index (χ2n) is 8.29. The molecule has 1 heterocycles. The number of amides is 1. The maximum Gasteiger partial charge on any atom is 0.408 e. The molecule has 8 nitrogen and oxygen atoms in total. The second kappa shape index (κ2) is 7.36. The van der Waals surface area contributed by atoms with Gasteiger partial charge in [-0.05, 0) is 36.8 Å². The lowest BCUT2D eigenvalue weighted by molar-refractivity contribution is -0.160. The van der Waals surface area contributed by atoms with Crippen molar-refractivity contribution in [3.05, 3.63) is 29.8 Å². The summed E-state index contributed by atoms with van der Waals surface area (Å²) >= 11 is 0. The highest BCUT2D eigenvalue weighted by Gasteiger charge is 2.64. The molecule has 2 rings (SSSR count). The molecule has 1 aliphatic heterocycles. The Morgan fingerprint density at radius 2 is 1.75 bits per heavy atom. The molecular weight excluding hydrogens is 386 g/mol. The summed E-state index contributed by atoms with van der Waals surface area (Å²) in [6.07, 6.45) is -2.80. The van der Waals surface area contributed by atoms with E-state index in [2.05, 4.69) is 0 Å². The van der Waals surface area contributed by atoms with Crippen molar-refractivity contribution in [3.63, 3.8) is 0 Å². The molecule has 0 bridgehead atoms. The third-order valence-corrected chi connectivity index (χ3v) is 6.97. The SMILES string of the molecule is Cc1ccc(S(=O)(=O)OC2CCN(C(=O)O)C2(C(=O)O)C(C)C(C)(C)C)cc1. The van der Waals surface area contributed by atoms with Crippen LogP contribution in [0.3, 0.4) is 0 Å². The second-order valence-corrected chi connectivity index (χ2v) is 9.87. The number of carbonyl (C=O) groups is 2. The van der Waals surface area contributed by atoms with E-state index in [4.69, 9.17) is 4.18 Å². The fourth-order valence-electron chi connectivity index (χ4n) is 3.73. The van der Waals surface area contributed by atoms with Crippen LogP contribution in [0.2, 0.25) is 0 Å². The summed E-state index contributed by atoms with van der Waals surface area (Å²) in [6, 6.07) is 5.97. The van der Waals surface area contributed by atoms with E-state index in [0.717, 1.165) is 10.5 Å². The number of hydrogen-bond acceptors (Lipinski definition) is 5. The largest absolute Gasteiger partial charge is 0.479 e. The van der Waals surface area contributed by atoms with Crippen LogP contribution >= 0.6 is 0 Å². The van der Waals surface area contributed by atoms with Gasteiger partial charge in [0.15, 0.2) is 5.54 Å². The van der Waals surface area contributed by atoms with Gasteiger partial charge in [-0.2, -0.15) is 8.42 Å². The number of benzene rings is 1. The van der Waals surface area contributed by atoms with Gasteiger partial charge in [-0.15, -0.1) is 0 Å². The van der Waals surface area contributed by atoms with E-state index < -0.39 is 45.2 Å². The molecule has 0 radical (unpaired) electrons. The van der Waals surface area contributed by atoms with Crippen LogP contribution in [0.5, 0.6) is 0 Å². The van der Waals surface area contributed by atoms with Crippen LogP contribution in [-0.4, -0.2) is 53.8 Å². The Kier molecular flexibility index (Phi) is 5.83. The van der Waals surface area contributed by atoms with Crippen molar-refractivity contribution in [2.24, 2.45) is 11.3 Å². The lowest BCUT2D eigenvalue weighted by Crippen LogP contribution is -2.65. The van der Waals surface area contributed by atoms with Crippen LogP contribution in [0.25, 0.3) is 0 Å². The van der Waals surface area contributed by atoms with Gasteiger partial charge < -0.3 is 10.2 Å². The van der Waals surface area contributed by atoms with Gasteiger partial charge >= 0.3 is 12.1 Å². The first-order valence-electron chi connectivity index (χ1n) is 8.98. The van der Waals surface area contributed by atoms with Gasteiger partial charge in [0.2, 0.25) is 0 Å². The zero-order valence-electron chi connectivity index (χ0n) is 16.7. The summed E-state index contributed by atoms with van der Waals surface area (Å²) in [4.78, 5) is 25.0. The number of likely N-dealkylation sites (tertiary alicyclic amines) is 1. The molecule has 1 aliphatic rings. The fourth-order valence-corrected chi connectivity index (χ4v) is 4.85. The molecule has 1 saturated heterocycles. The van der Waals surface area contributed by atoms with Crippen molar-refractivity contribution in [3.8, 4) is 0 Å². The molecule has 1 aromatic carbocycles. The molecule has 1 fully saturated rings. The Morgan fingerprint density at radius 3 is 2.18 bits per heavy atom. The van der Waals surface area contributed by atoms with Gasteiger partial charge in [0.1, 0.15) is 6.10 Å². The lowest BCUT2D eigenvalue weighted by Gasteiger charge is -2.46. The van der Waals surface area contributed by atoms with Crippen molar-refractivity contribution in [1.29, 1.82) is 0 Å². The summed E-state index contributed by atoms with van der Waals surface area (Å²) in [6.45, 7) is 8.64. The number of nitrogens with zero attached hydrogens (tertiary/aromatic N) is 1. The minimum Gasteiger partial charge on any atom is -0.479 e. The highest BCUT2D eigenvalue weighted by atomic mass is 32.2. The average molecular weight is 413 g/mol. The highest BCUT2D eigenvalue weighted by Crippen LogP contribution is 2.46. The Hall–Kier alpha value is -2.13. The quantitative estimate of drug-likeness (QED) is 0.712. The number of hydrogen-bond donors (Lipinski definition) is 2. The Balaban J connectivity index is 2.56. The maximum atomic E-state index is 12.8. The van der Waals surface area contributed by atoms with E-state index >= 15 is 0 Å².